The van der Waals surface area contributed by atoms with Crippen LogP contribution in [0.15, 0.2) is 72.9 Å². The Morgan fingerprint density at radius 2 is 1.74 bits per heavy atom. The molecule has 0 saturated carbocycles. The van der Waals surface area contributed by atoms with Gasteiger partial charge in [-0.2, -0.15) is 5.10 Å². The van der Waals surface area contributed by atoms with Crippen LogP contribution >= 0.6 is 0 Å². The molecule has 1 aromatic heterocycles. The van der Waals surface area contributed by atoms with Gasteiger partial charge in [-0.3, -0.25) is 10.2 Å². The van der Waals surface area contributed by atoms with E-state index in [4.69, 9.17) is 0 Å². The minimum atomic E-state index is -3.95. The highest BCUT2D eigenvalue weighted by Gasteiger charge is 2.21. The van der Waals surface area contributed by atoms with Gasteiger partial charge in [0.25, 0.3) is 5.91 Å². The lowest BCUT2D eigenvalue weighted by Crippen LogP contribution is -2.46. The third-order valence-corrected chi connectivity index (χ3v) is 7.61. The van der Waals surface area contributed by atoms with Crippen molar-refractivity contribution in [2.24, 2.45) is 0 Å². The minimum Gasteiger partial charge on any atom is -0.368 e. The largest absolute Gasteiger partial charge is 0.368 e. The van der Waals surface area contributed by atoms with E-state index >= 15 is 0 Å². The number of piperazine rings is 1. The van der Waals surface area contributed by atoms with Crippen molar-refractivity contribution in [2.45, 2.75) is 12.3 Å². The molecular weight excluding hydrogens is 507 g/mol. The van der Waals surface area contributed by atoms with Crippen LogP contribution in [0.25, 0.3) is 10.9 Å². The van der Waals surface area contributed by atoms with E-state index in [1.54, 1.807) is 30.5 Å². The molecule has 1 aliphatic rings. The molecule has 1 saturated heterocycles. The van der Waals surface area contributed by atoms with Gasteiger partial charge >= 0.3 is 0 Å². The predicted octanol–water partition coefficient (Wildman–Crippen LogP) is 2.74. The second-order valence-electron chi connectivity index (χ2n) is 9.45. The van der Waals surface area contributed by atoms with Crippen molar-refractivity contribution in [1.29, 1.82) is 0 Å². The standard InChI is InChI=1S/C27H29FN6O3S/c1-32-11-13-33(14-12-32)26-8-3-2-7-24(26)27(35)30-31-38(36,37)19-34-25-10-9-21(16-22(25)18-29-34)15-20-5-4-6-23(28)17-20/h2-10,16-18,31H,11-15,19H2,1H3,(H,30,35). The molecule has 4 aromatic rings. The summed E-state index contributed by atoms with van der Waals surface area (Å²) in [5, 5.41) is 4.99. The lowest BCUT2D eigenvalue weighted by Gasteiger charge is -2.34. The molecule has 5 rings (SSSR count). The van der Waals surface area contributed by atoms with Gasteiger partial charge in [0.2, 0.25) is 10.0 Å². The average molecular weight is 537 g/mol. The van der Waals surface area contributed by atoms with Gasteiger partial charge < -0.3 is 9.80 Å². The SMILES string of the molecule is CN1CCN(c2ccccc2C(=O)NNS(=O)(=O)Cn2ncc3cc(Cc4cccc(F)c4)ccc32)CC1. The lowest BCUT2D eigenvalue weighted by molar-refractivity contribution is 0.0945. The van der Waals surface area contributed by atoms with Crippen molar-refractivity contribution in [3.05, 3.63) is 95.4 Å². The first-order valence-corrected chi connectivity index (χ1v) is 13.9. The molecule has 198 valence electrons. The molecule has 0 atom stereocenters. The van der Waals surface area contributed by atoms with E-state index in [9.17, 15) is 17.6 Å². The molecule has 38 heavy (non-hydrogen) atoms. The maximum Gasteiger partial charge on any atom is 0.268 e. The van der Waals surface area contributed by atoms with Gasteiger partial charge in [0.1, 0.15) is 5.82 Å². The quantitative estimate of drug-likeness (QED) is 0.336. The van der Waals surface area contributed by atoms with Crippen molar-refractivity contribution >= 4 is 32.5 Å². The van der Waals surface area contributed by atoms with Gasteiger partial charge in [-0.25, -0.2) is 17.5 Å². The molecular formula is C27H29FN6O3S. The summed E-state index contributed by atoms with van der Waals surface area (Å²) in [5.74, 6) is -1.29. The number of amides is 1. The van der Waals surface area contributed by atoms with Crippen LogP contribution in [0.4, 0.5) is 10.1 Å². The van der Waals surface area contributed by atoms with E-state index in [2.05, 4.69) is 32.2 Å². The number of para-hydroxylation sites is 1. The first kappa shape index (κ1) is 25.8. The fraction of sp³-hybridized carbons (Fsp3) is 0.259. The molecule has 0 bridgehead atoms. The third-order valence-electron chi connectivity index (χ3n) is 6.61. The number of hydrogen-bond donors (Lipinski definition) is 2. The zero-order valence-electron chi connectivity index (χ0n) is 21.0. The Kier molecular flexibility index (Phi) is 7.41. The number of carbonyl (C=O) groups excluding carboxylic acids is 1. The Morgan fingerprint density at radius 3 is 2.53 bits per heavy atom. The predicted molar refractivity (Wildman–Crippen MR) is 145 cm³/mol. The number of benzene rings is 3. The van der Waals surface area contributed by atoms with Crippen LogP contribution in [0.1, 0.15) is 21.5 Å². The highest BCUT2D eigenvalue weighted by molar-refractivity contribution is 7.88. The Morgan fingerprint density at radius 1 is 0.974 bits per heavy atom. The van der Waals surface area contributed by atoms with Gasteiger partial charge in [-0.15, -0.1) is 4.83 Å². The topological polar surface area (TPSA) is 99.6 Å². The number of hydrogen-bond acceptors (Lipinski definition) is 6. The van der Waals surface area contributed by atoms with E-state index in [1.807, 2.05) is 30.3 Å². The number of aromatic nitrogens is 2. The Balaban J connectivity index is 1.24. The maximum absolute atomic E-state index is 13.5. The summed E-state index contributed by atoms with van der Waals surface area (Å²) < 4.78 is 40.5. The molecule has 1 fully saturated rings. The van der Waals surface area contributed by atoms with Crippen molar-refractivity contribution in [3.8, 4) is 0 Å². The first-order chi connectivity index (χ1) is 18.3. The molecule has 0 unspecified atom stereocenters. The first-order valence-electron chi connectivity index (χ1n) is 12.3. The van der Waals surface area contributed by atoms with Crippen molar-refractivity contribution in [1.82, 2.24) is 24.9 Å². The summed E-state index contributed by atoms with van der Waals surface area (Å²) in [6, 6.07) is 19.1. The average Bonchev–Trinajstić information content (AvgIpc) is 3.29. The molecule has 0 spiro atoms. The lowest BCUT2D eigenvalue weighted by atomic mass is 10.0. The van der Waals surface area contributed by atoms with Crippen molar-refractivity contribution in [3.63, 3.8) is 0 Å². The number of hydrazine groups is 1. The van der Waals surface area contributed by atoms with Gasteiger partial charge in [0.15, 0.2) is 5.88 Å². The monoisotopic (exact) mass is 536 g/mol. The van der Waals surface area contributed by atoms with Crippen LogP contribution in [-0.2, 0) is 22.3 Å². The van der Waals surface area contributed by atoms with Crippen LogP contribution in [0.5, 0.6) is 0 Å². The molecule has 0 aliphatic carbocycles. The van der Waals surface area contributed by atoms with Gasteiger partial charge in [-0.05, 0) is 61.0 Å². The number of likely N-dealkylation sites (N-methyl/N-ethyl adjacent to an activating group) is 1. The number of anilines is 1. The summed E-state index contributed by atoms with van der Waals surface area (Å²) in [7, 11) is -1.90. The number of sulfonamides is 1. The maximum atomic E-state index is 13.5. The summed E-state index contributed by atoms with van der Waals surface area (Å²) in [5.41, 5.74) is 5.93. The third kappa shape index (κ3) is 6.01. The normalized spacial score (nSPS) is 14.6. The zero-order chi connectivity index (χ0) is 26.7. The highest BCUT2D eigenvalue weighted by atomic mass is 32.2. The molecule has 9 nitrogen and oxygen atoms in total. The molecule has 3 aromatic carbocycles. The summed E-state index contributed by atoms with van der Waals surface area (Å²) in [6.07, 6.45) is 2.13. The van der Waals surface area contributed by atoms with Crippen molar-refractivity contribution in [2.75, 3.05) is 38.1 Å². The van der Waals surface area contributed by atoms with Crippen LogP contribution in [0.2, 0.25) is 0 Å². The fourth-order valence-electron chi connectivity index (χ4n) is 4.61. The summed E-state index contributed by atoms with van der Waals surface area (Å²) in [4.78, 5) is 19.5. The molecule has 1 amide bonds. The molecule has 2 N–H and O–H groups in total. The molecule has 11 heteroatoms. The number of nitrogens with zero attached hydrogens (tertiary/aromatic N) is 4. The molecule has 2 heterocycles. The van der Waals surface area contributed by atoms with Crippen LogP contribution in [0.3, 0.4) is 0 Å². The minimum absolute atomic E-state index is 0.288. The number of halogens is 1. The van der Waals surface area contributed by atoms with E-state index < -0.39 is 21.8 Å². The van der Waals surface area contributed by atoms with Gasteiger partial charge in [0.05, 0.1) is 17.3 Å². The van der Waals surface area contributed by atoms with E-state index in [0.717, 1.165) is 48.4 Å². The van der Waals surface area contributed by atoms with Crippen LogP contribution in [-0.4, -0.2) is 62.2 Å². The summed E-state index contributed by atoms with van der Waals surface area (Å²) >= 11 is 0. The van der Waals surface area contributed by atoms with Gasteiger partial charge in [0, 0.05) is 37.3 Å². The smallest absolute Gasteiger partial charge is 0.268 e. The number of fused-ring (bicyclic) bond motifs is 1. The van der Waals surface area contributed by atoms with Crippen LogP contribution in [0, 0.1) is 5.82 Å². The zero-order valence-corrected chi connectivity index (χ0v) is 21.8. The van der Waals surface area contributed by atoms with Crippen molar-refractivity contribution < 1.29 is 17.6 Å². The second-order valence-corrected chi connectivity index (χ2v) is 11.1. The fourth-order valence-corrected chi connectivity index (χ4v) is 5.45. The molecule has 0 radical (unpaired) electrons. The number of nitrogens with one attached hydrogen (secondary N) is 2. The highest BCUT2D eigenvalue weighted by Crippen LogP contribution is 2.22. The van der Waals surface area contributed by atoms with E-state index in [0.29, 0.717) is 17.5 Å². The van der Waals surface area contributed by atoms with E-state index in [1.165, 1.54) is 16.8 Å². The second kappa shape index (κ2) is 10.9. The number of carbonyl (C=O) groups is 1. The Bertz CT molecular complexity index is 1560. The van der Waals surface area contributed by atoms with E-state index in [-0.39, 0.29) is 5.82 Å². The Hall–Kier alpha value is -3.80. The Labute approximate surface area is 220 Å². The van der Waals surface area contributed by atoms with Gasteiger partial charge in [-0.1, -0.05) is 30.3 Å². The molecule has 1 aliphatic heterocycles. The summed E-state index contributed by atoms with van der Waals surface area (Å²) in [6.45, 7) is 3.32. The number of rotatable bonds is 8. The van der Waals surface area contributed by atoms with Crippen LogP contribution < -0.4 is 15.2 Å².